The molecule has 3 aromatic rings. The molecule has 0 unspecified atom stereocenters. The molecule has 1 heterocycles. The van der Waals surface area contributed by atoms with Crippen LogP contribution in [0, 0.1) is 5.82 Å². The Balaban J connectivity index is 2.41. The van der Waals surface area contributed by atoms with Crippen LogP contribution in [0.5, 0.6) is 5.75 Å². The molecule has 0 saturated carbocycles. The van der Waals surface area contributed by atoms with Crippen molar-refractivity contribution >= 4 is 9.84 Å². The number of nitrogens with zero attached hydrogens (tertiary/aromatic N) is 1. The number of rotatable bonds is 8. The molecule has 0 fully saturated rings. The summed E-state index contributed by atoms with van der Waals surface area (Å²) in [5.41, 5.74) is 2.72. The lowest BCUT2D eigenvalue weighted by Gasteiger charge is -2.21. The third kappa shape index (κ3) is 4.68. The Labute approximate surface area is 176 Å². The Hall–Kier alpha value is -2.77. The van der Waals surface area contributed by atoms with Gasteiger partial charge in [0.25, 0.3) is 0 Å². The number of aliphatic hydroxyl groups excluding tert-OH is 1. The van der Waals surface area contributed by atoms with Gasteiger partial charge in [0, 0.05) is 35.3 Å². The van der Waals surface area contributed by atoms with E-state index >= 15 is 0 Å². The number of pyridine rings is 1. The summed E-state index contributed by atoms with van der Waals surface area (Å²) in [6.07, 6.45) is 6.04. The highest BCUT2D eigenvalue weighted by atomic mass is 32.2. The molecule has 0 aliphatic rings. The second kappa shape index (κ2) is 9.36. The first-order valence-electron chi connectivity index (χ1n) is 9.66. The van der Waals surface area contributed by atoms with Crippen molar-refractivity contribution in [3.8, 4) is 28.0 Å². The van der Waals surface area contributed by atoms with Crippen LogP contribution in [-0.2, 0) is 16.4 Å². The Morgan fingerprint density at radius 1 is 1.13 bits per heavy atom. The predicted octanol–water partition coefficient (Wildman–Crippen LogP) is 4.63. The van der Waals surface area contributed by atoms with E-state index in [9.17, 15) is 17.9 Å². The second-order valence-electron chi connectivity index (χ2n) is 6.99. The van der Waals surface area contributed by atoms with Gasteiger partial charge in [-0.25, -0.2) is 12.8 Å². The van der Waals surface area contributed by atoms with Crippen LogP contribution in [-0.4, -0.2) is 31.4 Å². The Morgan fingerprint density at radius 2 is 1.87 bits per heavy atom. The minimum atomic E-state index is -3.67. The molecule has 5 nitrogen and oxygen atoms in total. The zero-order valence-corrected chi connectivity index (χ0v) is 17.7. The number of aliphatic hydroxyl groups is 1. The molecule has 0 saturated heterocycles. The quantitative estimate of drug-likeness (QED) is 0.529. The number of benzene rings is 2. The zero-order chi connectivity index (χ0) is 21.7. The number of halogens is 1. The first kappa shape index (κ1) is 21.9. The number of ether oxygens (including phenoxy) is 1. The van der Waals surface area contributed by atoms with Crippen molar-refractivity contribution in [2.24, 2.45) is 0 Å². The minimum Gasteiger partial charge on any atom is -0.492 e. The number of unbranched alkanes of at least 4 members (excludes halogenated alkanes) is 1. The predicted molar refractivity (Wildman–Crippen MR) is 115 cm³/mol. The van der Waals surface area contributed by atoms with Gasteiger partial charge in [-0.15, -0.1) is 0 Å². The van der Waals surface area contributed by atoms with Crippen molar-refractivity contribution in [1.29, 1.82) is 0 Å². The highest BCUT2D eigenvalue weighted by Crippen LogP contribution is 2.44. The van der Waals surface area contributed by atoms with Crippen LogP contribution in [0.4, 0.5) is 4.39 Å². The minimum absolute atomic E-state index is 0.0107. The maximum absolute atomic E-state index is 13.5. The van der Waals surface area contributed by atoms with Gasteiger partial charge in [0.2, 0.25) is 0 Å². The van der Waals surface area contributed by atoms with Crippen molar-refractivity contribution < 1.29 is 22.7 Å². The van der Waals surface area contributed by atoms with Gasteiger partial charge in [-0.1, -0.05) is 31.5 Å². The van der Waals surface area contributed by atoms with Gasteiger partial charge in [0.1, 0.15) is 11.6 Å². The molecule has 0 spiro atoms. The molecule has 0 aliphatic heterocycles. The number of aromatic nitrogens is 1. The summed E-state index contributed by atoms with van der Waals surface area (Å²) >= 11 is 0. The van der Waals surface area contributed by atoms with Crippen molar-refractivity contribution in [1.82, 2.24) is 4.98 Å². The standard InChI is InChI=1S/C23H24FNO4S/c1-3-4-12-29-23-20(15-26)21(30(2,27)28)13-19(16-7-9-18(24)10-8-16)22(23)17-6-5-11-25-14-17/h5-11,13-14,26H,3-4,12,15H2,1-2H3. The van der Waals surface area contributed by atoms with E-state index in [1.165, 1.54) is 18.2 Å². The van der Waals surface area contributed by atoms with Crippen LogP contribution in [0.25, 0.3) is 22.3 Å². The van der Waals surface area contributed by atoms with E-state index in [0.29, 0.717) is 34.6 Å². The van der Waals surface area contributed by atoms with Gasteiger partial charge in [0.15, 0.2) is 9.84 Å². The third-order valence-corrected chi connectivity index (χ3v) is 5.91. The average molecular weight is 430 g/mol. The molecule has 1 aromatic heterocycles. The van der Waals surface area contributed by atoms with E-state index in [2.05, 4.69) is 4.98 Å². The summed E-state index contributed by atoms with van der Waals surface area (Å²) in [7, 11) is -3.67. The molecule has 7 heteroatoms. The molecule has 0 atom stereocenters. The van der Waals surface area contributed by atoms with Crippen LogP contribution in [0.1, 0.15) is 25.3 Å². The van der Waals surface area contributed by atoms with E-state index < -0.39 is 22.3 Å². The second-order valence-corrected chi connectivity index (χ2v) is 8.97. The van der Waals surface area contributed by atoms with E-state index in [1.54, 1.807) is 30.6 Å². The summed E-state index contributed by atoms with van der Waals surface area (Å²) in [5.74, 6) is -0.0855. The third-order valence-electron chi connectivity index (χ3n) is 4.75. The smallest absolute Gasteiger partial charge is 0.176 e. The number of sulfone groups is 1. The van der Waals surface area contributed by atoms with Crippen molar-refractivity contribution in [3.63, 3.8) is 0 Å². The lowest BCUT2D eigenvalue weighted by atomic mass is 9.92. The molecule has 0 amide bonds. The maximum atomic E-state index is 13.5. The molecule has 1 N–H and O–H groups in total. The van der Waals surface area contributed by atoms with Gasteiger partial charge in [0.05, 0.1) is 18.1 Å². The highest BCUT2D eigenvalue weighted by molar-refractivity contribution is 7.90. The number of hydrogen-bond acceptors (Lipinski definition) is 5. The molecule has 3 rings (SSSR count). The fourth-order valence-corrected chi connectivity index (χ4v) is 4.22. The lowest BCUT2D eigenvalue weighted by Crippen LogP contribution is -2.09. The van der Waals surface area contributed by atoms with E-state index in [-0.39, 0.29) is 10.5 Å². The lowest BCUT2D eigenvalue weighted by molar-refractivity contribution is 0.258. The molecular formula is C23H24FNO4S. The fraction of sp³-hybridized carbons (Fsp3) is 0.261. The highest BCUT2D eigenvalue weighted by Gasteiger charge is 2.25. The average Bonchev–Trinajstić information content (AvgIpc) is 2.73. The van der Waals surface area contributed by atoms with Crippen LogP contribution < -0.4 is 4.74 Å². The first-order valence-corrected chi connectivity index (χ1v) is 11.6. The van der Waals surface area contributed by atoms with Crippen LogP contribution in [0.3, 0.4) is 0 Å². The van der Waals surface area contributed by atoms with Crippen LogP contribution in [0.15, 0.2) is 59.8 Å². The first-order chi connectivity index (χ1) is 14.4. The van der Waals surface area contributed by atoms with Gasteiger partial charge in [-0.2, -0.15) is 0 Å². The molecule has 2 aromatic carbocycles. The summed E-state index contributed by atoms with van der Waals surface area (Å²) in [5, 5.41) is 10.1. The largest absolute Gasteiger partial charge is 0.492 e. The molecule has 158 valence electrons. The van der Waals surface area contributed by atoms with Crippen molar-refractivity contribution in [3.05, 3.63) is 66.2 Å². The van der Waals surface area contributed by atoms with Crippen LogP contribution >= 0.6 is 0 Å². The van der Waals surface area contributed by atoms with Gasteiger partial charge in [-0.05, 0) is 41.8 Å². The maximum Gasteiger partial charge on any atom is 0.176 e. The Bertz CT molecular complexity index is 1110. The van der Waals surface area contributed by atoms with Crippen molar-refractivity contribution in [2.45, 2.75) is 31.3 Å². The van der Waals surface area contributed by atoms with Crippen molar-refractivity contribution in [2.75, 3.05) is 12.9 Å². The zero-order valence-electron chi connectivity index (χ0n) is 16.9. The van der Waals surface area contributed by atoms with E-state index in [4.69, 9.17) is 4.74 Å². The SMILES string of the molecule is CCCCOc1c(CO)c(S(C)(=O)=O)cc(-c2ccc(F)cc2)c1-c1cccnc1. The topological polar surface area (TPSA) is 76.5 Å². The van der Waals surface area contributed by atoms with Gasteiger partial charge >= 0.3 is 0 Å². The summed E-state index contributed by atoms with van der Waals surface area (Å²) in [4.78, 5) is 4.17. The van der Waals surface area contributed by atoms with E-state index in [1.807, 2.05) is 13.0 Å². The molecule has 0 aliphatic carbocycles. The molecule has 0 radical (unpaired) electrons. The van der Waals surface area contributed by atoms with Gasteiger partial charge < -0.3 is 9.84 Å². The summed E-state index contributed by atoms with van der Waals surface area (Å²) < 4.78 is 44.7. The monoisotopic (exact) mass is 429 g/mol. The normalized spacial score (nSPS) is 11.5. The number of hydrogen-bond donors (Lipinski definition) is 1. The van der Waals surface area contributed by atoms with E-state index in [0.717, 1.165) is 19.1 Å². The fourth-order valence-electron chi connectivity index (χ4n) is 3.29. The Kier molecular flexibility index (Phi) is 6.84. The Morgan fingerprint density at radius 3 is 2.43 bits per heavy atom. The molecule has 30 heavy (non-hydrogen) atoms. The summed E-state index contributed by atoms with van der Waals surface area (Å²) in [6, 6.07) is 10.9. The summed E-state index contributed by atoms with van der Waals surface area (Å²) in [6.45, 7) is 1.89. The molecule has 0 bridgehead atoms. The molecular weight excluding hydrogens is 405 g/mol. The van der Waals surface area contributed by atoms with Crippen LogP contribution in [0.2, 0.25) is 0 Å². The van der Waals surface area contributed by atoms with Gasteiger partial charge in [-0.3, -0.25) is 4.98 Å².